The zero-order chi connectivity index (χ0) is 25.8. The second-order valence-electron chi connectivity index (χ2n) is 10.6. The smallest absolute Gasteiger partial charge is 0.142 e. The van der Waals surface area contributed by atoms with Crippen LogP contribution in [0.15, 0.2) is 120 Å². The summed E-state index contributed by atoms with van der Waals surface area (Å²) < 4.78 is 6.58. The fourth-order valence-corrected chi connectivity index (χ4v) is 6.69. The maximum atomic E-state index is 6.58. The van der Waals surface area contributed by atoms with E-state index in [0.29, 0.717) is 0 Å². The number of benzene rings is 5. The van der Waals surface area contributed by atoms with E-state index in [1.165, 1.54) is 65.9 Å². The van der Waals surface area contributed by atoms with Crippen LogP contribution in [0.2, 0.25) is 0 Å². The fraction of sp³-hybridized carbons (Fsp3) is 0.105. The van der Waals surface area contributed by atoms with Crippen molar-refractivity contribution in [3.05, 3.63) is 138 Å². The summed E-state index contributed by atoms with van der Waals surface area (Å²) in [4.78, 5) is 0. The van der Waals surface area contributed by atoms with Crippen LogP contribution in [-0.2, 0) is 6.42 Å². The molecule has 8 rings (SSSR count). The Labute approximate surface area is 228 Å². The van der Waals surface area contributed by atoms with Gasteiger partial charge in [0.15, 0.2) is 0 Å². The van der Waals surface area contributed by atoms with Crippen LogP contribution in [0.4, 0.5) is 0 Å². The molecule has 186 valence electrons. The van der Waals surface area contributed by atoms with Crippen LogP contribution in [-0.4, -0.2) is 0 Å². The third-order valence-electron chi connectivity index (χ3n) is 8.42. The van der Waals surface area contributed by atoms with Crippen molar-refractivity contribution in [3.8, 4) is 11.1 Å². The SMILES string of the molecule is C1=Cc2oc3c(-c4c5ccccc5c(C5=CC(c6ccccc6)=CCC5)c5ccccc45)cccc3c2CC1. The van der Waals surface area contributed by atoms with Crippen LogP contribution in [0.1, 0.15) is 41.7 Å². The minimum atomic E-state index is 1.00. The van der Waals surface area contributed by atoms with Gasteiger partial charge in [-0.3, -0.25) is 0 Å². The average Bonchev–Trinajstić information content (AvgIpc) is 3.39. The zero-order valence-electron chi connectivity index (χ0n) is 21.8. The second kappa shape index (κ2) is 8.99. The van der Waals surface area contributed by atoms with Crippen LogP contribution >= 0.6 is 0 Å². The van der Waals surface area contributed by atoms with E-state index in [1.54, 1.807) is 0 Å². The maximum absolute atomic E-state index is 6.58. The summed E-state index contributed by atoms with van der Waals surface area (Å²) in [5, 5.41) is 6.41. The van der Waals surface area contributed by atoms with Gasteiger partial charge >= 0.3 is 0 Å². The van der Waals surface area contributed by atoms with Crippen molar-refractivity contribution in [2.45, 2.75) is 25.7 Å². The molecule has 1 nitrogen and oxygen atoms in total. The molecule has 0 N–H and O–H groups in total. The Bertz CT molecular complexity index is 1940. The van der Waals surface area contributed by atoms with Crippen LogP contribution in [0.3, 0.4) is 0 Å². The average molecular weight is 501 g/mol. The van der Waals surface area contributed by atoms with E-state index >= 15 is 0 Å². The molecule has 0 aliphatic heterocycles. The van der Waals surface area contributed by atoms with Gasteiger partial charge in [-0.25, -0.2) is 0 Å². The Balaban J connectivity index is 1.43. The minimum absolute atomic E-state index is 1.00. The molecule has 0 amide bonds. The summed E-state index contributed by atoms with van der Waals surface area (Å²) in [6.45, 7) is 0. The van der Waals surface area contributed by atoms with Gasteiger partial charge in [0.25, 0.3) is 0 Å². The molecule has 2 aliphatic rings. The minimum Gasteiger partial charge on any atom is -0.456 e. The Kier molecular flexibility index (Phi) is 5.16. The Morgan fingerprint density at radius 2 is 1.23 bits per heavy atom. The van der Waals surface area contributed by atoms with Gasteiger partial charge in [0.2, 0.25) is 0 Å². The Hall–Kier alpha value is -4.62. The van der Waals surface area contributed by atoms with Crippen LogP contribution in [0, 0.1) is 0 Å². The van der Waals surface area contributed by atoms with Gasteiger partial charge in [-0.05, 0) is 75.6 Å². The molecule has 0 saturated carbocycles. The van der Waals surface area contributed by atoms with Gasteiger partial charge in [-0.1, -0.05) is 115 Å². The quantitative estimate of drug-likeness (QED) is 0.220. The number of fused-ring (bicyclic) bond motifs is 5. The van der Waals surface area contributed by atoms with Crippen molar-refractivity contribution >= 4 is 49.7 Å². The molecule has 0 fully saturated rings. The molecule has 5 aromatic carbocycles. The van der Waals surface area contributed by atoms with E-state index < -0.39 is 0 Å². The Morgan fingerprint density at radius 3 is 1.97 bits per heavy atom. The molecule has 0 saturated heterocycles. The summed E-state index contributed by atoms with van der Waals surface area (Å²) in [5.41, 5.74) is 10.1. The number of hydrogen-bond donors (Lipinski definition) is 0. The van der Waals surface area contributed by atoms with Crippen molar-refractivity contribution < 1.29 is 4.42 Å². The van der Waals surface area contributed by atoms with Crippen molar-refractivity contribution in [1.82, 2.24) is 0 Å². The molecule has 1 aromatic heterocycles. The number of aryl methyl sites for hydroxylation is 1. The third-order valence-corrected chi connectivity index (χ3v) is 8.42. The molecule has 6 aromatic rings. The first-order chi connectivity index (χ1) is 19.4. The lowest BCUT2D eigenvalue weighted by Gasteiger charge is -2.21. The Morgan fingerprint density at radius 1 is 0.564 bits per heavy atom. The van der Waals surface area contributed by atoms with Crippen molar-refractivity contribution in [2.75, 3.05) is 0 Å². The van der Waals surface area contributed by atoms with Gasteiger partial charge in [0.1, 0.15) is 11.3 Å². The molecule has 0 bridgehead atoms. The molecule has 1 heteroatoms. The van der Waals surface area contributed by atoms with Crippen molar-refractivity contribution in [3.63, 3.8) is 0 Å². The van der Waals surface area contributed by atoms with E-state index in [-0.39, 0.29) is 0 Å². The molecule has 0 unspecified atom stereocenters. The zero-order valence-corrected chi connectivity index (χ0v) is 21.8. The highest BCUT2D eigenvalue weighted by atomic mass is 16.3. The van der Waals surface area contributed by atoms with E-state index in [9.17, 15) is 0 Å². The molecule has 2 aliphatic carbocycles. The van der Waals surface area contributed by atoms with E-state index in [1.807, 2.05) is 0 Å². The lowest BCUT2D eigenvalue weighted by Crippen LogP contribution is -1.97. The monoisotopic (exact) mass is 500 g/mol. The molecule has 0 atom stereocenters. The van der Waals surface area contributed by atoms with Crippen LogP contribution in [0.5, 0.6) is 0 Å². The molecule has 0 radical (unpaired) electrons. The van der Waals surface area contributed by atoms with E-state index in [4.69, 9.17) is 4.42 Å². The number of furan rings is 1. The topological polar surface area (TPSA) is 13.1 Å². The first-order valence-electron chi connectivity index (χ1n) is 14.0. The van der Waals surface area contributed by atoms with E-state index in [2.05, 4.69) is 121 Å². The lowest BCUT2D eigenvalue weighted by atomic mass is 9.82. The highest BCUT2D eigenvalue weighted by molar-refractivity contribution is 6.21. The fourth-order valence-electron chi connectivity index (χ4n) is 6.69. The van der Waals surface area contributed by atoms with Gasteiger partial charge in [-0.2, -0.15) is 0 Å². The van der Waals surface area contributed by atoms with Gasteiger partial charge in [0.05, 0.1) is 0 Å². The van der Waals surface area contributed by atoms with Gasteiger partial charge < -0.3 is 4.42 Å². The van der Waals surface area contributed by atoms with Gasteiger partial charge in [-0.15, -0.1) is 0 Å². The molecular formula is C38H28O. The maximum Gasteiger partial charge on any atom is 0.142 e. The predicted octanol–water partition coefficient (Wildman–Crippen LogP) is 10.6. The summed E-state index contributed by atoms with van der Waals surface area (Å²) in [7, 11) is 0. The van der Waals surface area contributed by atoms with Crippen molar-refractivity contribution in [2.24, 2.45) is 0 Å². The summed E-state index contributed by atoms with van der Waals surface area (Å²) in [6.07, 6.45) is 13.4. The highest BCUT2D eigenvalue weighted by Gasteiger charge is 2.23. The van der Waals surface area contributed by atoms with Crippen LogP contribution < -0.4 is 0 Å². The standard InChI is InChI=1S/C38H28O/c1-2-12-25(13-3-1)26-14-10-15-27(24-26)36-29-17-4-6-19-31(29)37(32-20-7-5-18-30(32)36)34-22-11-21-33-28-16-8-9-23-35(28)39-38(33)34/h1-7,9,11-14,17-24H,8,10,15-16H2. The first-order valence-corrected chi connectivity index (χ1v) is 14.0. The molecule has 1 heterocycles. The number of para-hydroxylation sites is 1. The third kappa shape index (κ3) is 3.54. The number of hydrogen-bond acceptors (Lipinski definition) is 1. The normalized spacial score (nSPS) is 15.0. The lowest BCUT2D eigenvalue weighted by molar-refractivity contribution is 0.596. The molecule has 39 heavy (non-hydrogen) atoms. The summed E-state index contributed by atoms with van der Waals surface area (Å²) in [6, 6.07) is 35.3. The highest BCUT2D eigenvalue weighted by Crippen LogP contribution is 2.46. The number of rotatable bonds is 3. The molecule has 0 spiro atoms. The largest absolute Gasteiger partial charge is 0.456 e. The van der Waals surface area contributed by atoms with E-state index in [0.717, 1.165) is 37.0 Å². The van der Waals surface area contributed by atoms with Crippen LogP contribution in [0.25, 0.3) is 60.9 Å². The predicted molar refractivity (Wildman–Crippen MR) is 166 cm³/mol. The molecular weight excluding hydrogens is 472 g/mol. The summed E-state index contributed by atoms with van der Waals surface area (Å²) >= 11 is 0. The second-order valence-corrected chi connectivity index (χ2v) is 10.6. The number of allylic oxidation sites excluding steroid dienone is 5. The van der Waals surface area contributed by atoms with Gasteiger partial charge in [0, 0.05) is 22.1 Å². The summed E-state index contributed by atoms with van der Waals surface area (Å²) in [5.74, 6) is 1.02. The first kappa shape index (κ1) is 22.4. The van der Waals surface area contributed by atoms with Crippen molar-refractivity contribution in [1.29, 1.82) is 0 Å².